The van der Waals surface area contributed by atoms with Crippen LogP contribution in [-0.4, -0.2) is 20.9 Å². The molecule has 3 aromatic rings. The molecule has 0 aliphatic carbocycles. The molecular weight excluding hydrogens is 430 g/mol. The van der Waals surface area contributed by atoms with Crippen LogP contribution >= 0.6 is 11.3 Å². The van der Waals surface area contributed by atoms with Crippen LogP contribution in [0.1, 0.15) is 38.3 Å². The molecule has 1 aliphatic heterocycles. The van der Waals surface area contributed by atoms with E-state index in [0.29, 0.717) is 28.4 Å². The van der Waals surface area contributed by atoms with Gasteiger partial charge in [-0.2, -0.15) is 5.26 Å². The van der Waals surface area contributed by atoms with Gasteiger partial charge in [-0.1, -0.05) is 18.2 Å². The zero-order chi connectivity index (χ0) is 22.2. The summed E-state index contributed by atoms with van der Waals surface area (Å²) >= 11 is 1.35. The van der Waals surface area contributed by atoms with Crippen LogP contribution in [0.15, 0.2) is 53.4 Å². The summed E-state index contributed by atoms with van der Waals surface area (Å²) in [6.45, 7) is 4.17. The van der Waals surface area contributed by atoms with Gasteiger partial charge in [-0.05, 0) is 68.1 Å². The quantitative estimate of drug-likeness (QED) is 0.626. The van der Waals surface area contributed by atoms with Gasteiger partial charge in [0, 0.05) is 17.0 Å². The summed E-state index contributed by atoms with van der Waals surface area (Å²) in [6, 6.07) is 15.6. The van der Waals surface area contributed by atoms with Crippen LogP contribution in [-0.2, 0) is 16.4 Å². The van der Waals surface area contributed by atoms with Gasteiger partial charge in [-0.25, -0.2) is 8.42 Å². The van der Waals surface area contributed by atoms with E-state index in [-0.39, 0.29) is 10.8 Å². The van der Waals surface area contributed by atoms with Gasteiger partial charge in [0.2, 0.25) is 0 Å². The number of hydrogen-bond acceptors (Lipinski definition) is 5. The van der Waals surface area contributed by atoms with Crippen molar-refractivity contribution >= 4 is 38.0 Å². The van der Waals surface area contributed by atoms with Gasteiger partial charge in [0.25, 0.3) is 15.9 Å². The summed E-state index contributed by atoms with van der Waals surface area (Å²) in [6.07, 6.45) is 1.62. The summed E-state index contributed by atoms with van der Waals surface area (Å²) in [5, 5.41) is 12.6. The largest absolute Gasteiger partial charge is 0.312 e. The maximum atomic E-state index is 13.2. The van der Waals surface area contributed by atoms with E-state index in [1.54, 1.807) is 0 Å². The average molecular weight is 452 g/mol. The van der Waals surface area contributed by atoms with Crippen molar-refractivity contribution in [2.75, 3.05) is 16.2 Å². The van der Waals surface area contributed by atoms with Crippen LogP contribution in [0.5, 0.6) is 0 Å². The lowest BCUT2D eigenvalue weighted by molar-refractivity contribution is 0.102. The number of anilines is 2. The number of nitrogens with one attached hydrogen (secondary N) is 1. The first-order chi connectivity index (χ1) is 14.8. The molecule has 8 heteroatoms. The van der Waals surface area contributed by atoms with E-state index in [9.17, 15) is 18.5 Å². The van der Waals surface area contributed by atoms with Gasteiger partial charge in [0.05, 0.1) is 16.1 Å². The van der Waals surface area contributed by atoms with E-state index in [4.69, 9.17) is 0 Å². The van der Waals surface area contributed by atoms with E-state index >= 15 is 0 Å². The van der Waals surface area contributed by atoms with Crippen molar-refractivity contribution in [1.82, 2.24) is 0 Å². The fourth-order valence-corrected chi connectivity index (χ4v) is 6.23. The summed E-state index contributed by atoms with van der Waals surface area (Å²) in [5.41, 5.74) is 3.36. The number of nitriles is 1. The van der Waals surface area contributed by atoms with Crippen LogP contribution in [0.2, 0.25) is 0 Å². The Morgan fingerprint density at radius 2 is 1.84 bits per heavy atom. The minimum absolute atomic E-state index is 0.140. The second kappa shape index (κ2) is 8.17. The predicted molar refractivity (Wildman–Crippen MR) is 122 cm³/mol. The first kappa shape index (κ1) is 21.1. The molecule has 0 atom stereocenters. The van der Waals surface area contributed by atoms with Crippen LogP contribution < -0.4 is 9.62 Å². The predicted octanol–water partition coefficient (Wildman–Crippen LogP) is 4.63. The lowest BCUT2D eigenvalue weighted by Crippen LogP contribution is -2.35. The number of fused-ring (bicyclic) bond motifs is 1. The summed E-state index contributed by atoms with van der Waals surface area (Å²) in [4.78, 5) is 13.8. The molecule has 0 radical (unpaired) electrons. The molecule has 2 heterocycles. The molecule has 1 amide bonds. The molecule has 158 valence electrons. The third-order valence-corrected chi connectivity index (χ3v) is 8.45. The van der Waals surface area contributed by atoms with Crippen LogP contribution in [0, 0.1) is 25.2 Å². The van der Waals surface area contributed by atoms with Crippen molar-refractivity contribution in [3.05, 3.63) is 75.7 Å². The van der Waals surface area contributed by atoms with Crippen molar-refractivity contribution < 1.29 is 13.2 Å². The Kier molecular flexibility index (Phi) is 5.56. The Morgan fingerprint density at radius 1 is 1.13 bits per heavy atom. The highest BCUT2D eigenvalue weighted by Crippen LogP contribution is 2.33. The van der Waals surface area contributed by atoms with Gasteiger partial charge >= 0.3 is 0 Å². The van der Waals surface area contributed by atoms with Gasteiger partial charge in [0.1, 0.15) is 11.1 Å². The average Bonchev–Trinajstić information content (AvgIpc) is 3.05. The molecule has 0 saturated heterocycles. The van der Waals surface area contributed by atoms with E-state index in [1.807, 2.05) is 38.1 Å². The molecule has 6 nitrogen and oxygen atoms in total. The summed E-state index contributed by atoms with van der Waals surface area (Å²) < 4.78 is 27.9. The van der Waals surface area contributed by atoms with Gasteiger partial charge in [-0.15, -0.1) is 11.3 Å². The number of rotatable bonds is 4. The van der Waals surface area contributed by atoms with Gasteiger partial charge < -0.3 is 5.32 Å². The van der Waals surface area contributed by atoms with Crippen molar-refractivity contribution in [3.63, 3.8) is 0 Å². The number of nitrogens with zero attached hydrogens (tertiary/aromatic N) is 2. The number of hydrogen-bond donors (Lipinski definition) is 1. The molecule has 1 aliphatic rings. The van der Waals surface area contributed by atoms with Crippen molar-refractivity contribution in [2.24, 2.45) is 0 Å². The SMILES string of the molecule is Cc1sc(NC(=O)c2ccc(S(=O)(=O)N3CCCc4ccccc43)cc2)c(C#N)c1C. The third-order valence-electron chi connectivity index (χ3n) is 5.50. The smallest absolute Gasteiger partial charge is 0.264 e. The lowest BCUT2D eigenvalue weighted by Gasteiger charge is -2.30. The maximum absolute atomic E-state index is 13.2. The van der Waals surface area contributed by atoms with Gasteiger partial charge in [-0.3, -0.25) is 9.10 Å². The van der Waals surface area contributed by atoms with Gasteiger partial charge in [0.15, 0.2) is 0 Å². The van der Waals surface area contributed by atoms with Crippen molar-refractivity contribution in [2.45, 2.75) is 31.6 Å². The molecule has 0 bridgehead atoms. The number of carbonyl (C=O) groups is 1. The van der Waals surface area contributed by atoms with Crippen LogP contribution in [0.4, 0.5) is 10.7 Å². The normalized spacial score (nSPS) is 13.4. The lowest BCUT2D eigenvalue weighted by atomic mass is 10.0. The van der Waals surface area contributed by atoms with E-state index in [2.05, 4.69) is 11.4 Å². The second-order valence-corrected chi connectivity index (χ2v) is 10.5. The minimum Gasteiger partial charge on any atom is -0.312 e. The highest BCUT2D eigenvalue weighted by Gasteiger charge is 2.29. The number of aryl methyl sites for hydroxylation is 2. The third kappa shape index (κ3) is 3.82. The molecule has 0 unspecified atom stereocenters. The van der Waals surface area contributed by atoms with Crippen molar-refractivity contribution in [3.8, 4) is 6.07 Å². The Labute approximate surface area is 185 Å². The number of para-hydroxylation sites is 1. The standard InChI is InChI=1S/C23H21N3O3S2/c1-15-16(2)30-23(20(15)14-24)25-22(27)18-9-11-19(12-10-18)31(28,29)26-13-5-7-17-6-3-4-8-21(17)26/h3-4,6,8-12H,5,7,13H2,1-2H3,(H,25,27). The number of amides is 1. The number of sulfonamides is 1. The second-order valence-electron chi connectivity index (χ2n) is 7.39. The molecule has 4 rings (SSSR count). The Bertz CT molecular complexity index is 1300. The summed E-state index contributed by atoms with van der Waals surface area (Å²) in [7, 11) is -3.73. The fraction of sp³-hybridized carbons (Fsp3) is 0.217. The Balaban J connectivity index is 1.58. The molecule has 0 saturated carbocycles. The highest BCUT2D eigenvalue weighted by atomic mass is 32.2. The van der Waals surface area contributed by atoms with Crippen LogP contribution in [0.25, 0.3) is 0 Å². The molecule has 0 fully saturated rings. The number of thiophene rings is 1. The molecule has 0 spiro atoms. The van der Waals surface area contributed by atoms with Crippen molar-refractivity contribution in [1.29, 1.82) is 5.26 Å². The molecule has 31 heavy (non-hydrogen) atoms. The molecule has 2 aromatic carbocycles. The topological polar surface area (TPSA) is 90.3 Å². The molecular formula is C23H21N3O3S2. The maximum Gasteiger partial charge on any atom is 0.264 e. The number of carbonyl (C=O) groups excluding carboxylic acids is 1. The highest BCUT2D eigenvalue weighted by molar-refractivity contribution is 7.92. The number of benzene rings is 2. The Morgan fingerprint density at radius 3 is 2.55 bits per heavy atom. The fourth-order valence-electron chi connectivity index (χ4n) is 3.68. The zero-order valence-corrected chi connectivity index (χ0v) is 18.8. The van der Waals surface area contributed by atoms with Crippen LogP contribution in [0.3, 0.4) is 0 Å². The first-order valence-electron chi connectivity index (χ1n) is 9.85. The monoisotopic (exact) mass is 451 g/mol. The molecule has 1 aromatic heterocycles. The summed E-state index contributed by atoms with van der Waals surface area (Å²) in [5.74, 6) is -0.384. The van der Waals surface area contributed by atoms with E-state index in [1.165, 1.54) is 39.9 Å². The molecule has 1 N–H and O–H groups in total. The minimum atomic E-state index is -3.73. The first-order valence-corrected chi connectivity index (χ1v) is 12.1. The zero-order valence-electron chi connectivity index (χ0n) is 17.2. The Hall–Kier alpha value is -3.15. The van der Waals surface area contributed by atoms with E-state index in [0.717, 1.165) is 28.8 Å². The van der Waals surface area contributed by atoms with E-state index < -0.39 is 10.0 Å².